The van der Waals surface area contributed by atoms with Crippen molar-refractivity contribution in [3.05, 3.63) is 224 Å². The van der Waals surface area contributed by atoms with Crippen LogP contribution in [0.5, 0.6) is 0 Å². The maximum absolute atomic E-state index is 4.81. The minimum atomic E-state index is -3.33. The van der Waals surface area contributed by atoms with Crippen molar-refractivity contribution in [1.29, 1.82) is 0 Å². The number of rotatable bonds is 1. The molecule has 8 heteroatoms. The smallest absolute Gasteiger partial charge is 0.329 e. The summed E-state index contributed by atoms with van der Waals surface area (Å²) in [6.45, 7) is 0.215. The van der Waals surface area contributed by atoms with Gasteiger partial charge in [0.25, 0.3) is 0 Å². The van der Waals surface area contributed by atoms with Gasteiger partial charge in [-0.25, -0.2) is 0 Å². The van der Waals surface area contributed by atoms with Crippen LogP contribution in [0.3, 0.4) is 0 Å². The molecule has 0 saturated carbocycles. The van der Waals surface area contributed by atoms with Gasteiger partial charge in [-0.15, -0.1) is 0 Å². The summed E-state index contributed by atoms with van der Waals surface area (Å²) in [5, 5.41) is 0. The summed E-state index contributed by atoms with van der Waals surface area (Å²) in [6, 6.07) is 82.7. The summed E-state index contributed by atoms with van der Waals surface area (Å²) in [4.78, 5) is 1.77. The second-order valence-corrected chi connectivity index (χ2v) is 25.1. The van der Waals surface area contributed by atoms with Gasteiger partial charge in [0.2, 0.25) is 0 Å². The van der Waals surface area contributed by atoms with Crippen LogP contribution in [0.25, 0.3) is 44.5 Å². The van der Waals surface area contributed by atoms with E-state index in [0.29, 0.717) is 0 Å². The molecule has 62 heavy (non-hydrogen) atoms. The third-order valence-electron chi connectivity index (χ3n) is 12.7. The molecule has 4 aliphatic heterocycles. The van der Waals surface area contributed by atoms with E-state index in [2.05, 4.69) is 233 Å². The van der Waals surface area contributed by atoms with Crippen LogP contribution in [-0.2, 0) is 0 Å². The molecule has 0 radical (unpaired) electrons. The van der Waals surface area contributed by atoms with Crippen molar-refractivity contribution in [2.24, 2.45) is 0 Å². The van der Waals surface area contributed by atoms with E-state index in [0.717, 1.165) is 0 Å². The Morgan fingerprint density at radius 2 is 0.629 bits per heavy atom. The van der Waals surface area contributed by atoms with Crippen LogP contribution in [0.15, 0.2) is 224 Å². The molecule has 0 fully saturated rings. The SMILES string of the molecule is ClB(Cl)Cl.c1cc[c]([Ge]23[c]4ccccc4-c4ccccc4[N]2c2ccccc2-c2cccc[c]23)cc1.c1ccc2c(c1)B1c3ccccc3-c3ccccc3N1c1ccccc1-2. The monoisotopic (exact) mass is 914 g/mol. The molecule has 294 valence electrons. The Morgan fingerprint density at radius 3 is 1.06 bits per heavy atom. The van der Waals surface area contributed by atoms with Gasteiger partial charge < -0.3 is 4.81 Å². The van der Waals surface area contributed by atoms with E-state index in [4.69, 9.17) is 34.4 Å². The first-order valence-corrected chi connectivity index (χ1v) is 26.3. The number of benzene rings is 9. The van der Waals surface area contributed by atoms with Crippen LogP contribution in [0.4, 0.5) is 22.7 Å². The topological polar surface area (TPSA) is 6.48 Å². The molecule has 2 nitrogen and oxygen atoms in total. The Balaban J connectivity index is 0.000000131. The molecule has 0 bridgehead atoms. The average molecular weight is 914 g/mol. The molecule has 13 rings (SSSR count). The van der Waals surface area contributed by atoms with E-state index in [9.17, 15) is 0 Å². The molecule has 0 aliphatic carbocycles. The van der Waals surface area contributed by atoms with Crippen LogP contribution in [0.1, 0.15) is 0 Å². The Hall–Kier alpha value is -5.88. The van der Waals surface area contributed by atoms with Crippen molar-refractivity contribution in [3.8, 4) is 44.5 Å². The maximum Gasteiger partial charge on any atom is 0.329 e. The second-order valence-electron chi connectivity index (χ2n) is 15.8. The summed E-state index contributed by atoms with van der Waals surface area (Å²) in [6.07, 6.45) is 0. The van der Waals surface area contributed by atoms with Crippen LogP contribution < -0.4 is 32.8 Å². The van der Waals surface area contributed by atoms with Crippen molar-refractivity contribution < 1.29 is 0 Å². The molecule has 4 aliphatic rings. The fourth-order valence-corrected chi connectivity index (χ4v) is 21.7. The molecule has 0 aromatic heterocycles. The van der Waals surface area contributed by atoms with Crippen molar-refractivity contribution in [3.63, 3.8) is 0 Å². The third-order valence-corrected chi connectivity index (χ3v) is 22.7. The van der Waals surface area contributed by atoms with Crippen LogP contribution in [-0.4, -0.2) is 25.3 Å². The number of para-hydroxylation sites is 4. The normalized spacial score (nSPS) is 13.4. The van der Waals surface area contributed by atoms with Gasteiger partial charge in [0.1, 0.15) is 0 Å². The van der Waals surface area contributed by atoms with Crippen LogP contribution in [0, 0.1) is 0 Å². The fourth-order valence-electron chi connectivity index (χ4n) is 10.5. The molecule has 0 amide bonds. The van der Waals surface area contributed by atoms with Gasteiger partial charge in [-0.1, -0.05) is 84.9 Å². The average Bonchev–Trinajstić information content (AvgIpc) is 3.34. The molecule has 0 unspecified atom stereocenters. The molecule has 0 saturated heterocycles. The number of hydrogen-bond acceptors (Lipinski definition) is 2. The quantitative estimate of drug-likeness (QED) is 0.151. The first-order chi connectivity index (χ1) is 30.6. The first-order valence-electron chi connectivity index (χ1n) is 20.9. The van der Waals surface area contributed by atoms with Crippen molar-refractivity contribution >= 4 is 107 Å². The predicted molar refractivity (Wildman–Crippen MR) is 271 cm³/mol. The van der Waals surface area contributed by atoms with E-state index < -0.39 is 18.4 Å². The minimum Gasteiger partial charge on any atom is -0.376 e. The molecule has 0 atom stereocenters. The molecule has 9 aromatic rings. The van der Waals surface area contributed by atoms with E-state index in [1.165, 1.54) is 91.4 Å². The van der Waals surface area contributed by atoms with E-state index in [-0.39, 0.29) is 6.85 Å². The summed E-state index contributed by atoms with van der Waals surface area (Å²) >= 11 is 11.1. The molecule has 0 N–H and O–H groups in total. The second kappa shape index (κ2) is 16.1. The van der Waals surface area contributed by atoms with Gasteiger partial charge in [-0.3, -0.25) is 0 Å². The summed E-state index contributed by atoms with van der Waals surface area (Å²) in [7, 11) is 0. The standard InChI is InChI=1S/C30H21GeN.C24H16BN.BCl3/c1-2-12-22(13-3-1)31-27-18-8-4-14-23(27)25-16-6-10-20-29(25)32(31)30-21-11-7-17-26(30)24-15-5-9-19-28(24)31;1-5-13-21-17(9-1)19-11-3-7-15-23(19)26-24-16-8-4-12-20(24)18-10-2-6-14-22(18)25(21)26;2-1(3)4/h1-21H;1-16H;. The zero-order valence-electron chi connectivity index (χ0n) is 33.5. The molecule has 9 aromatic carbocycles. The number of hydrogen-bond donors (Lipinski definition) is 0. The molecule has 0 spiro atoms. The van der Waals surface area contributed by atoms with Crippen molar-refractivity contribution in [2.75, 3.05) is 8.67 Å². The Labute approximate surface area is 381 Å². The summed E-state index contributed by atoms with van der Waals surface area (Å²) in [5.41, 5.74) is 18.8. The maximum atomic E-state index is 4.81. The zero-order chi connectivity index (χ0) is 41.8. The Bertz CT molecular complexity index is 2860. The van der Waals surface area contributed by atoms with Crippen LogP contribution >= 0.6 is 34.4 Å². The number of fused-ring (bicyclic) bond motifs is 22. The van der Waals surface area contributed by atoms with Crippen molar-refractivity contribution in [2.45, 2.75) is 0 Å². The van der Waals surface area contributed by atoms with Gasteiger partial charge in [0.15, 0.2) is 0 Å². The number of halogens is 3. The molecular formula is C54H37B2Cl3GeN2. The van der Waals surface area contributed by atoms with E-state index >= 15 is 0 Å². The molecular weight excluding hydrogens is 877 g/mol. The van der Waals surface area contributed by atoms with Gasteiger partial charge >= 0.3 is 203 Å². The minimum absolute atomic E-state index is 0.215. The Morgan fingerprint density at radius 1 is 0.323 bits per heavy atom. The van der Waals surface area contributed by atoms with Gasteiger partial charge in [-0.2, -0.15) is 34.4 Å². The molecule has 4 heterocycles. The third kappa shape index (κ3) is 6.11. The largest absolute Gasteiger partial charge is 0.376 e. The predicted octanol–water partition coefficient (Wildman–Crippen LogP) is 11.7. The van der Waals surface area contributed by atoms with Crippen LogP contribution in [0.2, 0.25) is 0 Å². The van der Waals surface area contributed by atoms with E-state index in [1.54, 1.807) is 0 Å². The first kappa shape index (κ1) is 39.0. The fraction of sp³-hybridized carbons (Fsp3) is 0. The number of anilines is 4. The number of nitrogens with zero attached hydrogens (tertiary/aromatic N) is 2. The van der Waals surface area contributed by atoms with Crippen molar-refractivity contribution in [1.82, 2.24) is 0 Å². The van der Waals surface area contributed by atoms with E-state index in [1.807, 2.05) is 0 Å². The zero-order valence-corrected chi connectivity index (χ0v) is 37.9. The van der Waals surface area contributed by atoms with Gasteiger partial charge in [-0.05, 0) is 34.2 Å². The summed E-state index contributed by atoms with van der Waals surface area (Å²) < 4.78 is 7.26. The Kier molecular flexibility index (Phi) is 10.1. The summed E-state index contributed by atoms with van der Waals surface area (Å²) in [5.74, 6) is 0. The van der Waals surface area contributed by atoms with Gasteiger partial charge in [0.05, 0.1) is 0 Å². The van der Waals surface area contributed by atoms with Gasteiger partial charge in [0, 0.05) is 22.5 Å².